The van der Waals surface area contributed by atoms with E-state index in [1.807, 2.05) is 0 Å². The van der Waals surface area contributed by atoms with Gasteiger partial charge < -0.3 is 0 Å². The largest absolute Gasteiger partial charge is 0.0616 e. The molecule has 0 amide bonds. The minimum atomic E-state index is 1.31. The Balaban J connectivity index is 2.00. The second-order valence-corrected chi connectivity index (χ2v) is 7.42. The van der Waals surface area contributed by atoms with E-state index >= 15 is 0 Å². The van der Waals surface area contributed by atoms with Gasteiger partial charge >= 0.3 is 0 Å². The maximum Gasteiger partial charge on any atom is 0.0181 e. The number of rotatable bonds is 1. The Morgan fingerprint density at radius 1 is 0.609 bits per heavy atom. The fourth-order valence-corrected chi connectivity index (χ4v) is 4.91. The van der Waals surface area contributed by atoms with Gasteiger partial charge in [0, 0.05) is 10.6 Å². The summed E-state index contributed by atoms with van der Waals surface area (Å²) in [7, 11) is 1.31. The van der Waals surface area contributed by atoms with Gasteiger partial charge in [0.2, 0.25) is 0 Å². The lowest BCUT2D eigenvalue weighted by Crippen LogP contribution is -2.07. The first-order valence-electron chi connectivity index (χ1n) is 8.01. The molecule has 1 aliphatic rings. The summed E-state index contributed by atoms with van der Waals surface area (Å²) in [6.07, 6.45) is 0. The van der Waals surface area contributed by atoms with Gasteiger partial charge in [-0.1, -0.05) is 74.4 Å². The van der Waals surface area contributed by atoms with Gasteiger partial charge in [0.05, 0.1) is 0 Å². The average Bonchev–Trinajstić information content (AvgIpc) is 2.85. The van der Waals surface area contributed by atoms with Crippen molar-refractivity contribution in [1.29, 1.82) is 0 Å². The van der Waals surface area contributed by atoms with Gasteiger partial charge in [-0.05, 0) is 54.2 Å². The first-order valence-corrected chi connectivity index (χ1v) is 8.90. The summed E-state index contributed by atoms with van der Waals surface area (Å²) in [6.45, 7) is 6.64. The van der Waals surface area contributed by atoms with Crippen LogP contribution in [0.1, 0.15) is 27.8 Å². The van der Waals surface area contributed by atoms with Crippen LogP contribution in [0.15, 0.2) is 60.7 Å². The molecule has 112 valence electrons. The summed E-state index contributed by atoms with van der Waals surface area (Å²) in [5.41, 5.74) is 9.62. The number of aryl methyl sites for hydroxylation is 3. The first-order chi connectivity index (χ1) is 11.1. The van der Waals surface area contributed by atoms with Crippen LogP contribution in [-0.2, 0) is 0 Å². The molecule has 0 fully saturated rings. The molecule has 0 atom stereocenters. The van der Waals surface area contributed by atoms with E-state index in [4.69, 9.17) is 0 Å². The molecule has 0 saturated carbocycles. The molecule has 0 heterocycles. The molecule has 0 bridgehead atoms. The Morgan fingerprint density at radius 3 is 1.52 bits per heavy atom. The fraction of sp³-hybridized carbons (Fsp3) is 0.136. The Kier molecular flexibility index (Phi) is 3.43. The van der Waals surface area contributed by atoms with Gasteiger partial charge in [-0.2, -0.15) is 0 Å². The van der Waals surface area contributed by atoms with Gasteiger partial charge in [-0.3, -0.25) is 0 Å². The zero-order chi connectivity index (χ0) is 16.0. The third kappa shape index (κ3) is 2.35. The van der Waals surface area contributed by atoms with Crippen molar-refractivity contribution in [2.45, 2.75) is 20.8 Å². The third-order valence-electron chi connectivity index (χ3n) is 4.51. The normalized spacial score (nSPS) is 12.4. The minimum Gasteiger partial charge on any atom is -0.0616 e. The predicted molar refractivity (Wildman–Crippen MR) is 102 cm³/mol. The predicted octanol–water partition coefficient (Wildman–Crippen LogP) is 5.43. The molecule has 0 unspecified atom stereocenters. The molecule has 0 radical (unpaired) electrons. The van der Waals surface area contributed by atoms with Crippen LogP contribution in [-0.4, -0.2) is 5.29 Å². The SMILES string of the molecule is Cc1cc(C)c(P=C2c3ccccc3-c3ccccc32)c(C)c1. The molecule has 0 saturated heterocycles. The van der Waals surface area contributed by atoms with Crippen molar-refractivity contribution in [3.8, 4) is 11.1 Å². The molecule has 1 aliphatic carbocycles. The quantitative estimate of drug-likeness (QED) is 0.411. The second-order valence-electron chi connectivity index (χ2n) is 6.30. The first kappa shape index (κ1) is 14.4. The highest BCUT2D eigenvalue weighted by atomic mass is 31.1. The molecule has 3 aromatic rings. The van der Waals surface area contributed by atoms with Gasteiger partial charge in [-0.25, -0.2) is 0 Å². The van der Waals surface area contributed by atoms with Crippen LogP contribution in [0.4, 0.5) is 0 Å². The van der Waals surface area contributed by atoms with Gasteiger partial charge in [0.25, 0.3) is 0 Å². The maximum atomic E-state index is 2.29. The van der Waals surface area contributed by atoms with Crippen molar-refractivity contribution in [2.24, 2.45) is 0 Å². The smallest absolute Gasteiger partial charge is 0.0181 e. The van der Waals surface area contributed by atoms with E-state index in [9.17, 15) is 0 Å². The lowest BCUT2D eigenvalue weighted by molar-refractivity contribution is 1.36. The summed E-state index contributed by atoms with van der Waals surface area (Å²) < 4.78 is 0. The molecule has 1 heteroatoms. The topological polar surface area (TPSA) is 0 Å². The van der Waals surface area contributed by atoms with Crippen LogP contribution < -0.4 is 5.30 Å². The van der Waals surface area contributed by atoms with Crippen LogP contribution in [0.25, 0.3) is 11.1 Å². The van der Waals surface area contributed by atoms with Crippen molar-refractivity contribution < 1.29 is 0 Å². The van der Waals surface area contributed by atoms with Crippen molar-refractivity contribution in [3.63, 3.8) is 0 Å². The van der Waals surface area contributed by atoms with Crippen LogP contribution in [0.3, 0.4) is 0 Å². The van der Waals surface area contributed by atoms with Crippen molar-refractivity contribution >= 4 is 18.8 Å². The van der Waals surface area contributed by atoms with E-state index in [2.05, 4.69) is 81.4 Å². The third-order valence-corrected chi connectivity index (χ3v) is 6.15. The molecule has 0 spiro atoms. The molecule has 0 N–H and O–H groups in total. The van der Waals surface area contributed by atoms with E-state index in [1.54, 1.807) is 0 Å². The fourth-order valence-electron chi connectivity index (χ4n) is 3.58. The zero-order valence-electron chi connectivity index (χ0n) is 13.7. The van der Waals surface area contributed by atoms with Gasteiger partial charge in [-0.15, -0.1) is 0 Å². The van der Waals surface area contributed by atoms with E-state index in [-0.39, 0.29) is 0 Å². The van der Waals surface area contributed by atoms with Crippen LogP contribution in [0.2, 0.25) is 0 Å². The summed E-state index contributed by atoms with van der Waals surface area (Å²) in [6, 6.07) is 22.2. The lowest BCUT2D eigenvalue weighted by Gasteiger charge is -2.09. The molecule has 0 aromatic heterocycles. The van der Waals surface area contributed by atoms with Crippen molar-refractivity contribution in [1.82, 2.24) is 0 Å². The average molecular weight is 314 g/mol. The molecule has 0 nitrogen and oxygen atoms in total. The highest BCUT2D eigenvalue weighted by Gasteiger charge is 2.23. The molecule has 3 aromatic carbocycles. The van der Waals surface area contributed by atoms with Crippen LogP contribution in [0.5, 0.6) is 0 Å². The molecule has 23 heavy (non-hydrogen) atoms. The maximum absolute atomic E-state index is 2.29. The van der Waals surface area contributed by atoms with E-state index in [0.29, 0.717) is 0 Å². The van der Waals surface area contributed by atoms with E-state index in [1.165, 1.54) is 57.7 Å². The van der Waals surface area contributed by atoms with E-state index < -0.39 is 0 Å². The second kappa shape index (κ2) is 5.48. The Bertz CT molecular complexity index is 877. The summed E-state index contributed by atoms with van der Waals surface area (Å²) in [5.74, 6) is 0. The number of benzene rings is 3. The van der Waals surface area contributed by atoms with Gasteiger partial charge in [0.15, 0.2) is 0 Å². The number of hydrogen-bond acceptors (Lipinski definition) is 0. The Labute approximate surface area is 139 Å². The Hall–Kier alpha value is -2.17. The van der Waals surface area contributed by atoms with Crippen LogP contribution >= 0.6 is 8.20 Å². The van der Waals surface area contributed by atoms with E-state index in [0.717, 1.165) is 0 Å². The molecular weight excluding hydrogens is 295 g/mol. The molecular formula is C22H19P. The number of fused-ring (bicyclic) bond motifs is 3. The minimum absolute atomic E-state index is 1.31. The van der Waals surface area contributed by atoms with Gasteiger partial charge in [0.1, 0.15) is 0 Å². The summed E-state index contributed by atoms with van der Waals surface area (Å²) in [5, 5.41) is 2.88. The summed E-state index contributed by atoms with van der Waals surface area (Å²) in [4.78, 5) is 0. The highest BCUT2D eigenvalue weighted by Crippen LogP contribution is 2.39. The highest BCUT2D eigenvalue weighted by molar-refractivity contribution is 7.50. The molecule has 0 aliphatic heterocycles. The Morgan fingerprint density at radius 2 is 1.04 bits per heavy atom. The van der Waals surface area contributed by atoms with Crippen molar-refractivity contribution in [2.75, 3.05) is 0 Å². The number of hydrogen-bond donors (Lipinski definition) is 0. The standard InChI is InChI=1S/C22H19P/c1-14-12-15(2)21(16(3)13-14)23-22-19-10-6-4-8-17(19)18-9-5-7-11-20(18)22/h4-13H,1-3H3. The van der Waals surface area contributed by atoms with Crippen molar-refractivity contribution in [3.05, 3.63) is 88.5 Å². The van der Waals surface area contributed by atoms with Crippen LogP contribution in [0, 0.1) is 20.8 Å². The monoisotopic (exact) mass is 314 g/mol. The zero-order valence-corrected chi connectivity index (χ0v) is 14.6. The summed E-state index contributed by atoms with van der Waals surface area (Å²) >= 11 is 0. The lowest BCUT2D eigenvalue weighted by atomic mass is 10.1. The molecule has 4 rings (SSSR count).